The molecule has 132 valence electrons. The molecule has 0 spiro atoms. The third-order valence-corrected chi connectivity index (χ3v) is 4.17. The number of aromatic nitrogens is 4. The van der Waals surface area contributed by atoms with Crippen LogP contribution in [-0.2, 0) is 4.74 Å². The molecule has 1 aliphatic heterocycles. The Bertz CT molecular complexity index is 873. The second-order valence-corrected chi connectivity index (χ2v) is 5.83. The summed E-state index contributed by atoms with van der Waals surface area (Å²) in [6.45, 7) is 3.19. The molecular weight excluding hydrogens is 332 g/mol. The Balaban J connectivity index is 1.45. The minimum Gasteiger partial charge on any atom is -0.378 e. The summed E-state index contributed by atoms with van der Waals surface area (Å²) in [6, 6.07) is 9.24. The normalized spacial score (nSPS) is 14.2. The number of benzene rings is 1. The Morgan fingerprint density at radius 3 is 2.65 bits per heavy atom. The Kier molecular flexibility index (Phi) is 4.57. The summed E-state index contributed by atoms with van der Waals surface area (Å²) in [5.41, 5.74) is 1.67. The van der Waals surface area contributed by atoms with Gasteiger partial charge in [0.15, 0.2) is 0 Å². The van der Waals surface area contributed by atoms with Gasteiger partial charge >= 0.3 is 0 Å². The van der Waals surface area contributed by atoms with Crippen LogP contribution in [0.2, 0.25) is 0 Å². The molecule has 8 heteroatoms. The van der Waals surface area contributed by atoms with Crippen LogP contribution in [0.3, 0.4) is 0 Å². The number of amides is 1. The molecule has 0 unspecified atom stereocenters. The van der Waals surface area contributed by atoms with Crippen LogP contribution >= 0.6 is 0 Å². The molecule has 4 rings (SSSR count). The molecule has 0 radical (unpaired) electrons. The van der Waals surface area contributed by atoms with E-state index in [2.05, 4.69) is 25.2 Å². The molecule has 0 atom stereocenters. The molecule has 3 heterocycles. The van der Waals surface area contributed by atoms with Crippen LogP contribution < -0.4 is 10.2 Å². The SMILES string of the molecule is O=C(Nc1cc(-n2ccnc2)ncn1)c1ccc(N2CCOCC2)cc1. The molecule has 1 saturated heterocycles. The van der Waals surface area contributed by atoms with Gasteiger partial charge in [-0.1, -0.05) is 0 Å². The highest BCUT2D eigenvalue weighted by Crippen LogP contribution is 2.17. The second-order valence-electron chi connectivity index (χ2n) is 5.83. The number of imidazole rings is 1. The lowest BCUT2D eigenvalue weighted by molar-refractivity contribution is 0.102. The summed E-state index contributed by atoms with van der Waals surface area (Å²) < 4.78 is 7.11. The van der Waals surface area contributed by atoms with Gasteiger partial charge in [0.2, 0.25) is 0 Å². The maximum atomic E-state index is 12.5. The van der Waals surface area contributed by atoms with Crippen LogP contribution in [0.15, 0.2) is 55.4 Å². The number of ether oxygens (including phenoxy) is 1. The van der Waals surface area contributed by atoms with Crippen molar-refractivity contribution in [1.29, 1.82) is 0 Å². The Hall–Kier alpha value is -3.26. The Morgan fingerprint density at radius 2 is 1.92 bits per heavy atom. The van der Waals surface area contributed by atoms with E-state index in [9.17, 15) is 4.79 Å². The van der Waals surface area contributed by atoms with E-state index >= 15 is 0 Å². The van der Waals surface area contributed by atoms with Crippen LogP contribution in [-0.4, -0.2) is 51.7 Å². The molecule has 1 N–H and O–H groups in total. The molecule has 2 aromatic heterocycles. The fraction of sp³-hybridized carbons (Fsp3) is 0.222. The van der Waals surface area contributed by atoms with E-state index in [1.54, 1.807) is 29.4 Å². The van der Waals surface area contributed by atoms with E-state index in [0.717, 1.165) is 32.0 Å². The van der Waals surface area contributed by atoms with Crippen molar-refractivity contribution in [2.24, 2.45) is 0 Å². The van der Waals surface area contributed by atoms with Gasteiger partial charge in [0.25, 0.3) is 5.91 Å². The minimum atomic E-state index is -0.214. The van der Waals surface area contributed by atoms with Gasteiger partial charge in [-0.05, 0) is 24.3 Å². The lowest BCUT2D eigenvalue weighted by atomic mass is 10.1. The Morgan fingerprint density at radius 1 is 1.12 bits per heavy atom. The zero-order valence-electron chi connectivity index (χ0n) is 14.1. The molecule has 1 fully saturated rings. The van der Waals surface area contributed by atoms with Crippen molar-refractivity contribution in [3.8, 4) is 5.82 Å². The van der Waals surface area contributed by atoms with Crippen LogP contribution in [0.5, 0.6) is 0 Å². The zero-order valence-corrected chi connectivity index (χ0v) is 14.1. The summed E-state index contributed by atoms with van der Waals surface area (Å²) >= 11 is 0. The van der Waals surface area contributed by atoms with E-state index in [-0.39, 0.29) is 5.91 Å². The molecule has 3 aromatic rings. The summed E-state index contributed by atoms with van der Waals surface area (Å²) in [7, 11) is 0. The summed E-state index contributed by atoms with van der Waals surface area (Å²) in [5, 5.41) is 2.80. The first-order chi connectivity index (χ1) is 12.8. The summed E-state index contributed by atoms with van der Waals surface area (Å²) in [5.74, 6) is 0.857. The van der Waals surface area contributed by atoms with Gasteiger partial charge < -0.3 is 15.0 Å². The number of carbonyl (C=O) groups excluding carboxylic acids is 1. The molecule has 1 aromatic carbocycles. The highest BCUT2D eigenvalue weighted by Gasteiger charge is 2.13. The fourth-order valence-corrected chi connectivity index (χ4v) is 2.78. The largest absolute Gasteiger partial charge is 0.378 e. The van der Waals surface area contributed by atoms with Crippen molar-refractivity contribution in [3.05, 3.63) is 60.9 Å². The van der Waals surface area contributed by atoms with Gasteiger partial charge in [-0.2, -0.15) is 0 Å². The van der Waals surface area contributed by atoms with E-state index in [1.165, 1.54) is 6.33 Å². The number of hydrogen-bond donors (Lipinski definition) is 1. The first kappa shape index (κ1) is 16.2. The molecule has 0 saturated carbocycles. The van der Waals surface area contributed by atoms with E-state index in [1.807, 2.05) is 24.3 Å². The zero-order chi connectivity index (χ0) is 17.8. The smallest absolute Gasteiger partial charge is 0.256 e. The maximum Gasteiger partial charge on any atom is 0.256 e. The van der Waals surface area contributed by atoms with Crippen molar-refractivity contribution >= 4 is 17.4 Å². The maximum absolute atomic E-state index is 12.5. The lowest BCUT2D eigenvalue weighted by Gasteiger charge is -2.28. The van der Waals surface area contributed by atoms with Crippen LogP contribution in [0.25, 0.3) is 5.82 Å². The fourth-order valence-electron chi connectivity index (χ4n) is 2.78. The predicted octanol–water partition coefficient (Wildman–Crippen LogP) is 1.75. The van der Waals surface area contributed by atoms with Crippen molar-refractivity contribution in [1.82, 2.24) is 19.5 Å². The van der Waals surface area contributed by atoms with Crippen molar-refractivity contribution < 1.29 is 9.53 Å². The van der Waals surface area contributed by atoms with Crippen LogP contribution in [0, 0.1) is 0 Å². The molecule has 1 aliphatic rings. The molecule has 0 aliphatic carbocycles. The first-order valence-corrected chi connectivity index (χ1v) is 8.34. The van der Waals surface area contributed by atoms with Crippen molar-refractivity contribution in [2.45, 2.75) is 0 Å². The highest BCUT2D eigenvalue weighted by molar-refractivity contribution is 6.04. The Labute approximate surface area is 150 Å². The second kappa shape index (κ2) is 7.32. The topological polar surface area (TPSA) is 85.2 Å². The monoisotopic (exact) mass is 350 g/mol. The minimum absolute atomic E-state index is 0.214. The standard InChI is InChI=1S/C18H18N6O2/c25-18(14-1-3-15(4-2-14)23-7-9-26-10-8-23)22-16-11-17(21-12-20-16)24-6-5-19-13-24/h1-6,11-13H,7-10H2,(H,20,21,22,25). The third-order valence-electron chi connectivity index (χ3n) is 4.17. The highest BCUT2D eigenvalue weighted by atomic mass is 16.5. The van der Waals surface area contributed by atoms with Gasteiger partial charge in [0, 0.05) is 42.8 Å². The quantitative estimate of drug-likeness (QED) is 0.772. The lowest BCUT2D eigenvalue weighted by Crippen LogP contribution is -2.36. The third kappa shape index (κ3) is 3.55. The van der Waals surface area contributed by atoms with Gasteiger partial charge in [-0.25, -0.2) is 15.0 Å². The predicted molar refractivity (Wildman–Crippen MR) is 96.6 cm³/mol. The van der Waals surface area contributed by atoms with Gasteiger partial charge in [0.1, 0.15) is 24.3 Å². The first-order valence-electron chi connectivity index (χ1n) is 8.34. The number of carbonyl (C=O) groups is 1. The van der Waals surface area contributed by atoms with Crippen molar-refractivity contribution in [2.75, 3.05) is 36.5 Å². The average Bonchev–Trinajstić information content (AvgIpc) is 3.24. The number of nitrogens with one attached hydrogen (secondary N) is 1. The molecule has 0 bridgehead atoms. The number of nitrogens with zero attached hydrogens (tertiary/aromatic N) is 5. The number of hydrogen-bond acceptors (Lipinski definition) is 6. The summed E-state index contributed by atoms with van der Waals surface area (Å²) in [6.07, 6.45) is 6.49. The number of morpholine rings is 1. The average molecular weight is 350 g/mol. The summed E-state index contributed by atoms with van der Waals surface area (Å²) in [4.78, 5) is 27.0. The van der Waals surface area contributed by atoms with Crippen molar-refractivity contribution in [3.63, 3.8) is 0 Å². The molecular formula is C18H18N6O2. The van der Waals surface area contributed by atoms with Gasteiger partial charge in [-0.3, -0.25) is 9.36 Å². The van der Waals surface area contributed by atoms with Gasteiger partial charge in [0.05, 0.1) is 13.2 Å². The number of rotatable bonds is 4. The van der Waals surface area contributed by atoms with E-state index in [4.69, 9.17) is 4.74 Å². The molecule has 8 nitrogen and oxygen atoms in total. The molecule has 26 heavy (non-hydrogen) atoms. The van der Waals surface area contributed by atoms with Crippen LogP contribution in [0.4, 0.5) is 11.5 Å². The number of anilines is 2. The van der Waals surface area contributed by atoms with E-state index < -0.39 is 0 Å². The van der Waals surface area contributed by atoms with Gasteiger partial charge in [-0.15, -0.1) is 0 Å². The van der Waals surface area contributed by atoms with E-state index in [0.29, 0.717) is 17.2 Å². The van der Waals surface area contributed by atoms with Crippen LogP contribution in [0.1, 0.15) is 10.4 Å². The molecule has 1 amide bonds.